The molecule has 0 amide bonds. The molecule has 2 fully saturated rings. The van der Waals surface area contributed by atoms with E-state index < -0.39 is 0 Å². The van der Waals surface area contributed by atoms with Crippen molar-refractivity contribution in [1.82, 2.24) is 0 Å². The topological polar surface area (TPSA) is 9.23 Å². The fraction of sp³-hybridized carbons (Fsp3) is 1.00. The second-order valence-corrected chi connectivity index (χ2v) is 4.14. The Morgan fingerprint density at radius 3 is 2.67 bits per heavy atom. The summed E-state index contributed by atoms with van der Waals surface area (Å²) in [6.45, 7) is 0. The smallest absolute Gasteiger partial charge is 0.0704 e. The van der Waals surface area contributed by atoms with Gasteiger partial charge < -0.3 is 4.74 Å². The van der Waals surface area contributed by atoms with Gasteiger partial charge in [0.25, 0.3) is 0 Å². The molecule has 2 rings (SSSR count). The third-order valence-corrected chi connectivity index (χ3v) is 3.36. The number of halogens is 1. The average Bonchev–Trinajstić information content (AvgIpc) is 2.25. The van der Waals surface area contributed by atoms with Crippen molar-refractivity contribution in [1.29, 1.82) is 0 Å². The zero-order chi connectivity index (χ0) is 6.27. The SMILES string of the molecule is Br[C@@H]1CC[C@@H]2CC[C@H]1O2. The number of ether oxygens (including phenoxy) is 1. The Bertz CT molecular complexity index is 115. The number of rotatable bonds is 0. The zero-order valence-electron chi connectivity index (χ0n) is 5.35. The van der Waals surface area contributed by atoms with Crippen molar-refractivity contribution in [3.05, 3.63) is 0 Å². The lowest BCUT2D eigenvalue weighted by Gasteiger charge is -2.24. The normalized spacial score (nSPS) is 49.7. The predicted molar refractivity (Wildman–Crippen MR) is 39.8 cm³/mol. The summed E-state index contributed by atoms with van der Waals surface area (Å²) < 4.78 is 5.66. The molecule has 0 aliphatic carbocycles. The molecule has 0 aromatic carbocycles. The summed E-state index contributed by atoms with van der Waals surface area (Å²) >= 11 is 3.62. The summed E-state index contributed by atoms with van der Waals surface area (Å²) in [4.78, 5) is 0.649. The maximum Gasteiger partial charge on any atom is 0.0704 e. The van der Waals surface area contributed by atoms with E-state index in [2.05, 4.69) is 15.9 Å². The summed E-state index contributed by atoms with van der Waals surface area (Å²) in [6, 6.07) is 0. The molecule has 0 unspecified atom stereocenters. The third kappa shape index (κ3) is 1.03. The van der Waals surface area contributed by atoms with E-state index in [1.165, 1.54) is 25.7 Å². The highest BCUT2D eigenvalue weighted by molar-refractivity contribution is 9.09. The molecule has 0 aromatic rings. The van der Waals surface area contributed by atoms with Crippen LogP contribution in [0.1, 0.15) is 25.7 Å². The Labute approximate surface area is 63.9 Å². The molecule has 2 aliphatic rings. The van der Waals surface area contributed by atoms with Crippen LogP contribution in [-0.2, 0) is 4.74 Å². The summed E-state index contributed by atoms with van der Waals surface area (Å²) in [5.74, 6) is 0. The molecule has 0 radical (unpaired) electrons. The first-order valence-corrected chi connectivity index (χ1v) is 4.57. The summed E-state index contributed by atoms with van der Waals surface area (Å²) in [6.07, 6.45) is 6.32. The zero-order valence-corrected chi connectivity index (χ0v) is 6.93. The molecule has 0 spiro atoms. The Hall–Kier alpha value is 0.440. The van der Waals surface area contributed by atoms with Gasteiger partial charge in [-0.05, 0) is 25.7 Å². The van der Waals surface area contributed by atoms with Crippen LogP contribution in [0.4, 0.5) is 0 Å². The molecule has 2 aliphatic heterocycles. The molecule has 52 valence electrons. The number of hydrogen-bond acceptors (Lipinski definition) is 1. The molecule has 0 aromatic heterocycles. The van der Waals surface area contributed by atoms with Crippen molar-refractivity contribution in [3.63, 3.8) is 0 Å². The van der Waals surface area contributed by atoms with Gasteiger partial charge >= 0.3 is 0 Å². The van der Waals surface area contributed by atoms with Gasteiger partial charge in [-0.25, -0.2) is 0 Å². The van der Waals surface area contributed by atoms with Crippen molar-refractivity contribution < 1.29 is 4.74 Å². The second-order valence-electron chi connectivity index (χ2n) is 2.97. The Kier molecular flexibility index (Phi) is 1.54. The van der Waals surface area contributed by atoms with Crippen LogP contribution in [0.2, 0.25) is 0 Å². The number of alkyl halides is 1. The lowest BCUT2D eigenvalue weighted by Crippen LogP contribution is -2.27. The van der Waals surface area contributed by atoms with Crippen LogP contribution in [0.25, 0.3) is 0 Å². The van der Waals surface area contributed by atoms with Gasteiger partial charge in [0.05, 0.1) is 12.2 Å². The van der Waals surface area contributed by atoms with Crippen LogP contribution in [-0.4, -0.2) is 17.0 Å². The van der Waals surface area contributed by atoms with Gasteiger partial charge in [-0.1, -0.05) is 15.9 Å². The Morgan fingerprint density at radius 2 is 1.89 bits per heavy atom. The number of fused-ring (bicyclic) bond motifs is 2. The third-order valence-electron chi connectivity index (χ3n) is 2.31. The summed E-state index contributed by atoms with van der Waals surface area (Å²) in [7, 11) is 0. The second kappa shape index (κ2) is 2.24. The van der Waals surface area contributed by atoms with Crippen LogP contribution in [0.15, 0.2) is 0 Å². The van der Waals surface area contributed by atoms with Gasteiger partial charge in [-0.3, -0.25) is 0 Å². The fourth-order valence-corrected chi connectivity index (χ4v) is 2.40. The monoisotopic (exact) mass is 190 g/mol. The lowest BCUT2D eigenvalue weighted by atomic mass is 10.1. The molecule has 0 N–H and O–H groups in total. The van der Waals surface area contributed by atoms with E-state index in [9.17, 15) is 0 Å². The molecule has 2 heterocycles. The van der Waals surface area contributed by atoms with Crippen molar-refractivity contribution in [2.75, 3.05) is 0 Å². The van der Waals surface area contributed by atoms with Gasteiger partial charge in [0, 0.05) is 4.83 Å². The van der Waals surface area contributed by atoms with E-state index >= 15 is 0 Å². The van der Waals surface area contributed by atoms with E-state index in [0.717, 1.165) is 0 Å². The van der Waals surface area contributed by atoms with Crippen molar-refractivity contribution in [2.24, 2.45) is 0 Å². The van der Waals surface area contributed by atoms with Crippen LogP contribution in [0.5, 0.6) is 0 Å². The minimum Gasteiger partial charge on any atom is -0.374 e. The number of hydrogen-bond donors (Lipinski definition) is 0. The van der Waals surface area contributed by atoms with E-state index in [0.29, 0.717) is 17.0 Å². The standard InChI is InChI=1S/C7H11BrO/c8-6-3-1-5-2-4-7(6)9-5/h5-7H,1-4H2/t5-,6-,7-/m1/s1. The first kappa shape index (κ1) is 6.17. The van der Waals surface area contributed by atoms with Gasteiger partial charge in [-0.15, -0.1) is 0 Å². The molecule has 9 heavy (non-hydrogen) atoms. The van der Waals surface area contributed by atoms with Crippen LogP contribution in [0.3, 0.4) is 0 Å². The molecule has 2 heteroatoms. The Balaban J connectivity index is 2.05. The first-order valence-electron chi connectivity index (χ1n) is 3.66. The van der Waals surface area contributed by atoms with Gasteiger partial charge in [0.15, 0.2) is 0 Å². The van der Waals surface area contributed by atoms with E-state index in [4.69, 9.17) is 4.74 Å². The van der Waals surface area contributed by atoms with E-state index in [-0.39, 0.29) is 0 Å². The van der Waals surface area contributed by atoms with Crippen molar-refractivity contribution >= 4 is 15.9 Å². The summed E-state index contributed by atoms with van der Waals surface area (Å²) in [5.41, 5.74) is 0. The largest absolute Gasteiger partial charge is 0.374 e. The maximum atomic E-state index is 5.66. The van der Waals surface area contributed by atoms with Crippen molar-refractivity contribution in [3.8, 4) is 0 Å². The van der Waals surface area contributed by atoms with E-state index in [1.54, 1.807) is 0 Å². The van der Waals surface area contributed by atoms with Crippen LogP contribution < -0.4 is 0 Å². The average molecular weight is 191 g/mol. The Morgan fingerprint density at radius 1 is 1.11 bits per heavy atom. The van der Waals surface area contributed by atoms with Gasteiger partial charge in [-0.2, -0.15) is 0 Å². The molecular formula is C7H11BrO. The van der Waals surface area contributed by atoms with Crippen LogP contribution in [0, 0.1) is 0 Å². The van der Waals surface area contributed by atoms with E-state index in [1.807, 2.05) is 0 Å². The van der Waals surface area contributed by atoms with Crippen LogP contribution >= 0.6 is 15.9 Å². The minimum absolute atomic E-state index is 0.545. The van der Waals surface area contributed by atoms with Gasteiger partial charge in [0.2, 0.25) is 0 Å². The quantitative estimate of drug-likeness (QED) is 0.532. The molecule has 3 atom stereocenters. The lowest BCUT2D eigenvalue weighted by molar-refractivity contribution is 0.0116. The maximum absolute atomic E-state index is 5.66. The highest BCUT2D eigenvalue weighted by atomic mass is 79.9. The molecule has 0 saturated carbocycles. The highest BCUT2D eigenvalue weighted by Gasteiger charge is 2.34. The fourth-order valence-electron chi connectivity index (χ4n) is 1.74. The predicted octanol–water partition coefficient (Wildman–Crippen LogP) is 2.09. The highest BCUT2D eigenvalue weighted by Crippen LogP contribution is 2.35. The first-order chi connectivity index (χ1) is 4.36. The summed E-state index contributed by atoms with van der Waals surface area (Å²) in [5, 5.41) is 0. The van der Waals surface area contributed by atoms with Crippen molar-refractivity contribution in [2.45, 2.75) is 42.7 Å². The molecular weight excluding hydrogens is 180 g/mol. The minimum atomic E-state index is 0.545. The van der Waals surface area contributed by atoms with Gasteiger partial charge in [0.1, 0.15) is 0 Å². The molecule has 2 bridgehead atoms. The molecule has 2 saturated heterocycles. The molecule has 1 nitrogen and oxygen atoms in total.